The number of carbonyl (C=O) groups excluding carboxylic acids is 1. The molecule has 25 heavy (non-hydrogen) atoms. The zero-order valence-electron chi connectivity index (χ0n) is 13.8. The summed E-state index contributed by atoms with van der Waals surface area (Å²) in [5.74, 6) is 0.331. The summed E-state index contributed by atoms with van der Waals surface area (Å²) in [6.07, 6.45) is -4.23. The summed E-state index contributed by atoms with van der Waals surface area (Å²) < 4.78 is 46.9. The van der Waals surface area contributed by atoms with Gasteiger partial charge in [0.25, 0.3) is 5.91 Å². The summed E-state index contributed by atoms with van der Waals surface area (Å²) >= 11 is 0. The van der Waals surface area contributed by atoms with Crippen molar-refractivity contribution in [1.82, 2.24) is 9.88 Å². The van der Waals surface area contributed by atoms with Crippen LogP contribution in [0.5, 0.6) is 0 Å². The second-order valence-electron chi connectivity index (χ2n) is 6.19. The molecule has 1 saturated heterocycles. The number of halogens is 3. The van der Waals surface area contributed by atoms with Crippen LogP contribution >= 0.6 is 0 Å². The van der Waals surface area contributed by atoms with E-state index in [0.29, 0.717) is 31.8 Å². The van der Waals surface area contributed by atoms with Crippen LogP contribution in [0.25, 0.3) is 11.1 Å². The van der Waals surface area contributed by atoms with Gasteiger partial charge in [-0.2, -0.15) is 13.2 Å². The van der Waals surface area contributed by atoms with Crippen LogP contribution in [0.2, 0.25) is 0 Å². The Hall–Kier alpha value is -2.09. The van der Waals surface area contributed by atoms with Crippen molar-refractivity contribution in [1.29, 1.82) is 0 Å². The number of nitrogens with zero attached hydrogens (tertiary/aromatic N) is 2. The largest absolute Gasteiger partial charge is 0.440 e. The summed E-state index contributed by atoms with van der Waals surface area (Å²) in [6.45, 7) is 0.824. The molecule has 0 bridgehead atoms. The van der Waals surface area contributed by atoms with E-state index in [2.05, 4.69) is 9.72 Å². The highest BCUT2D eigenvalue weighted by Gasteiger charge is 2.33. The van der Waals surface area contributed by atoms with E-state index in [1.54, 1.807) is 4.90 Å². The van der Waals surface area contributed by atoms with Gasteiger partial charge >= 0.3 is 6.18 Å². The number of fused-ring (bicyclic) bond motifs is 1. The van der Waals surface area contributed by atoms with Gasteiger partial charge in [-0.05, 0) is 31.9 Å². The van der Waals surface area contributed by atoms with Crippen LogP contribution in [0.4, 0.5) is 13.2 Å². The number of oxazole rings is 1. The van der Waals surface area contributed by atoms with Crippen molar-refractivity contribution >= 4 is 17.0 Å². The number of para-hydroxylation sites is 2. The topological polar surface area (TPSA) is 55.6 Å². The highest BCUT2D eigenvalue weighted by atomic mass is 19.4. The second kappa shape index (κ2) is 7.03. The van der Waals surface area contributed by atoms with E-state index < -0.39 is 24.8 Å². The molecular formula is C17H19F3N2O3. The minimum atomic E-state index is -4.44. The number of alkyl halides is 3. The Bertz CT molecular complexity index is 703. The normalized spacial score (nSPS) is 17.8. The third-order valence-electron chi connectivity index (χ3n) is 4.31. The lowest BCUT2D eigenvalue weighted by Gasteiger charge is -2.32. The number of amides is 1. The van der Waals surface area contributed by atoms with Gasteiger partial charge in [-0.15, -0.1) is 0 Å². The number of rotatable bonds is 4. The molecule has 0 N–H and O–H groups in total. The van der Waals surface area contributed by atoms with Gasteiger partial charge in [0.15, 0.2) is 11.5 Å². The van der Waals surface area contributed by atoms with Crippen molar-refractivity contribution in [3.63, 3.8) is 0 Å². The summed E-state index contributed by atoms with van der Waals surface area (Å²) in [7, 11) is 0. The van der Waals surface area contributed by atoms with Crippen LogP contribution in [0.1, 0.15) is 31.6 Å². The minimum Gasteiger partial charge on any atom is -0.440 e. The number of benzene rings is 1. The Morgan fingerprint density at radius 1 is 1.36 bits per heavy atom. The Balaban J connectivity index is 1.55. The molecular weight excluding hydrogens is 337 g/mol. The quantitative estimate of drug-likeness (QED) is 0.841. The Labute approximate surface area is 142 Å². The molecule has 3 rings (SSSR count). The fourth-order valence-corrected chi connectivity index (χ4v) is 2.96. The van der Waals surface area contributed by atoms with Crippen molar-refractivity contribution in [2.24, 2.45) is 0 Å². The molecule has 0 unspecified atom stereocenters. The van der Waals surface area contributed by atoms with Crippen molar-refractivity contribution in [2.75, 3.05) is 19.7 Å². The zero-order chi connectivity index (χ0) is 18.0. The first-order valence-corrected chi connectivity index (χ1v) is 8.16. The Morgan fingerprint density at radius 3 is 2.68 bits per heavy atom. The molecule has 8 heteroatoms. The molecule has 1 fully saturated rings. The van der Waals surface area contributed by atoms with Crippen LogP contribution in [0.3, 0.4) is 0 Å². The molecule has 0 radical (unpaired) electrons. The predicted octanol–water partition coefficient (Wildman–Crippen LogP) is 3.50. The highest BCUT2D eigenvalue weighted by molar-refractivity contribution is 5.80. The van der Waals surface area contributed by atoms with Crippen LogP contribution in [0.15, 0.2) is 28.7 Å². The van der Waals surface area contributed by atoms with E-state index in [0.717, 1.165) is 11.1 Å². The minimum absolute atomic E-state index is 0.0999. The standard InChI is InChI=1S/C17H19F3N2O3/c1-11(24-10-17(18,19)20)16(23)22-8-6-12(7-9-22)15-21-13-4-2-3-5-14(13)25-15/h2-5,11-12H,6-10H2,1H3/t11-/m0/s1. The second-order valence-corrected chi connectivity index (χ2v) is 6.19. The number of aromatic nitrogens is 1. The van der Waals surface area contributed by atoms with Gasteiger partial charge in [0.2, 0.25) is 0 Å². The van der Waals surface area contributed by atoms with Crippen LogP contribution in [-0.4, -0.2) is 47.8 Å². The number of ether oxygens (including phenoxy) is 1. The lowest BCUT2D eigenvalue weighted by Crippen LogP contribution is -2.44. The zero-order valence-corrected chi connectivity index (χ0v) is 13.8. The third kappa shape index (κ3) is 4.31. The average Bonchev–Trinajstić information content (AvgIpc) is 3.02. The van der Waals surface area contributed by atoms with E-state index in [1.807, 2.05) is 24.3 Å². The molecule has 1 aromatic heterocycles. The third-order valence-corrected chi connectivity index (χ3v) is 4.31. The summed E-state index contributed by atoms with van der Waals surface area (Å²) in [4.78, 5) is 18.2. The smallest absolute Gasteiger partial charge is 0.411 e. The molecule has 0 aliphatic carbocycles. The maximum atomic E-state index is 12.2. The Kier molecular flexibility index (Phi) is 4.99. The highest BCUT2D eigenvalue weighted by Crippen LogP contribution is 2.30. The summed E-state index contributed by atoms with van der Waals surface area (Å²) in [6, 6.07) is 7.49. The first-order valence-electron chi connectivity index (χ1n) is 8.16. The van der Waals surface area contributed by atoms with Gasteiger partial charge in [-0.3, -0.25) is 4.79 Å². The molecule has 2 aromatic rings. The number of carbonyl (C=O) groups is 1. The van der Waals surface area contributed by atoms with E-state index >= 15 is 0 Å². The molecule has 1 aliphatic rings. The van der Waals surface area contributed by atoms with Gasteiger partial charge in [0, 0.05) is 19.0 Å². The maximum Gasteiger partial charge on any atom is 0.411 e. The number of likely N-dealkylation sites (tertiary alicyclic amines) is 1. The average molecular weight is 356 g/mol. The van der Waals surface area contributed by atoms with Crippen LogP contribution in [-0.2, 0) is 9.53 Å². The Morgan fingerprint density at radius 2 is 2.04 bits per heavy atom. The van der Waals surface area contributed by atoms with Crippen molar-refractivity contribution < 1.29 is 27.1 Å². The predicted molar refractivity (Wildman–Crippen MR) is 84.0 cm³/mol. The van der Waals surface area contributed by atoms with E-state index in [1.165, 1.54) is 6.92 Å². The molecule has 1 aromatic carbocycles. The van der Waals surface area contributed by atoms with Crippen LogP contribution < -0.4 is 0 Å². The number of piperidine rings is 1. The van der Waals surface area contributed by atoms with Gasteiger partial charge in [0.1, 0.15) is 18.2 Å². The molecule has 136 valence electrons. The maximum absolute atomic E-state index is 12.2. The van der Waals surface area contributed by atoms with Crippen molar-refractivity contribution in [3.05, 3.63) is 30.2 Å². The fraction of sp³-hybridized carbons (Fsp3) is 0.529. The van der Waals surface area contributed by atoms with E-state index in [9.17, 15) is 18.0 Å². The van der Waals surface area contributed by atoms with Crippen LogP contribution in [0, 0.1) is 0 Å². The molecule has 1 amide bonds. The van der Waals surface area contributed by atoms with Crippen molar-refractivity contribution in [3.8, 4) is 0 Å². The fourth-order valence-electron chi connectivity index (χ4n) is 2.96. The summed E-state index contributed by atoms with van der Waals surface area (Å²) in [5, 5.41) is 0. The lowest BCUT2D eigenvalue weighted by molar-refractivity contribution is -0.188. The molecule has 1 aliphatic heterocycles. The van der Waals surface area contributed by atoms with Gasteiger partial charge < -0.3 is 14.1 Å². The lowest BCUT2D eigenvalue weighted by atomic mass is 9.96. The molecule has 2 heterocycles. The first-order chi connectivity index (χ1) is 11.8. The monoisotopic (exact) mass is 356 g/mol. The van der Waals surface area contributed by atoms with E-state index in [-0.39, 0.29) is 5.92 Å². The summed E-state index contributed by atoms with van der Waals surface area (Å²) in [5.41, 5.74) is 1.52. The SMILES string of the molecule is C[C@H](OCC(F)(F)F)C(=O)N1CCC(c2nc3ccccc3o2)CC1. The molecule has 1 atom stereocenters. The van der Waals surface area contributed by atoms with E-state index in [4.69, 9.17) is 4.42 Å². The molecule has 0 spiro atoms. The van der Waals surface area contributed by atoms with Gasteiger partial charge in [-0.25, -0.2) is 4.98 Å². The first kappa shape index (κ1) is 17.7. The van der Waals surface area contributed by atoms with Crippen molar-refractivity contribution in [2.45, 2.75) is 38.0 Å². The van der Waals surface area contributed by atoms with Gasteiger partial charge in [0.05, 0.1) is 0 Å². The number of hydrogen-bond acceptors (Lipinski definition) is 4. The molecule has 5 nitrogen and oxygen atoms in total. The molecule has 0 saturated carbocycles. The number of hydrogen-bond donors (Lipinski definition) is 0. The van der Waals surface area contributed by atoms with Gasteiger partial charge in [-0.1, -0.05) is 12.1 Å².